The van der Waals surface area contributed by atoms with E-state index in [9.17, 15) is 22.4 Å². The molecule has 0 aliphatic carbocycles. The summed E-state index contributed by atoms with van der Waals surface area (Å²) in [6, 6.07) is 12.1. The number of amides is 2. The van der Waals surface area contributed by atoms with Crippen LogP contribution in [0, 0.1) is 5.82 Å². The van der Waals surface area contributed by atoms with E-state index in [1.54, 1.807) is 29.2 Å². The van der Waals surface area contributed by atoms with Crippen molar-refractivity contribution in [2.24, 2.45) is 0 Å². The van der Waals surface area contributed by atoms with Gasteiger partial charge >= 0.3 is 0 Å². The number of halogens is 1. The number of carbonyl (C=O) groups excluding carboxylic acids is 2. The van der Waals surface area contributed by atoms with E-state index >= 15 is 0 Å². The van der Waals surface area contributed by atoms with E-state index in [2.05, 4.69) is 5.32 Å². The van der Waals surface area contributed by atoms with Crippen molar-refractivity contribution < 1.29 is 22.4 Å². The highest BCUT2D eigenvalue weighted by Crippen LogP contribution is 2.22. The quantitative estimate of drug-likeness (QED) is 0.645. The van der Waals surface area contributed by atoms with Crippen LogP contribution in [0.15, 0.2) is 53.4 Å². The molecule has 8 nitrogen and oxygen atoms in total. The molecule has 2 saturated heterocycles. The van der Waals surface area contributed by atoms with Crippen LogP contribution in [-0.2, 0) is 14.8 Å². The average Bonchev–Trinajstić information content (AvgIpc) is 3.40. The van der Waals surface area contributed by atoms with Crippen LogP contribution in [0.3, 0.4) is 0 Å². The van der Waals surface area contributed by atoms with Crippen molar-refractivity contribution in [2.45, 2.75) is 24.2 Å². The summed E-state index contributed by atoms with van der Waals surface area (Å²) in [5.41, 5.74) is 1.08. The van der Waals surface area contributed by atoms with Crippen molar-refractivity contribution in [1.82, 2.24) is 14.5 Å². The van der Waals surface area contributed by atoms with Gasteiger partial charge in [-0.05, 0) is 55.3 Å². The number of sulfonamides is 1. The molecule has 1 N–H and O–H groups in total. The van der Waals surface area contributed by atoms with Crippen molar-refractivity contribution in [3.05, 3.63) is 59.9 Å². The van der Waals surface area contributed by atoms with E-state index in [4.69, 9.17) is 0 Å². The van der Waals surface area contributed by atoms with E-state index in [-0.39, 0.29) is 48.2 Å². The van der Waals surface area contributed by atoms with Gasteiger partial charge in [-0.1, -0.05) is 6.07 Å². The third kappa shape index (κ3) is 5.56. The van der Waals surface area contributed by atoms with Crippen molar-refractivity contribution in [1.29, 1.82) is 0 Å². The molecule has 0 spiro atoms. The second-order valence-corrected chi connectivity index (χ2v) is 10.4. The number of likely N-dealkylation sites (tertiary alicyclic amines) is 1. The first kappa shape index (κ1) is 24.2. The number of nitrogens with one attached hydrogen (secondary N) is 1. The first-order chi connectivity index (χ1) is 16.3. The number of anilines is 1. The highest BCUT2D eigenvalue weighted by atomic mass is 32.2. The molecule has 0 unspecified atom stereocenters. The maximum absolute atomic E-state index is 13.2. The molecular weight excluding hydrogens is 459 g/mol. The molecule has 2 aromatic carbocycles. The molecule has 2 fully saturated rings. The number of hydrogen-bond acceptors (Lipinski definition) is 5. The predicted octanol–water partition coefficient (Wildman–Crippen LogP) is 2.08. The van der Waals surface area contributed by atoms with E-state index in [0.717, 1.165) is 31.6 Å². The fourth-order valence-corrected chi connectivity index (χ4v) is 5.76. The number of carbonyl (C=O) groups is 2. The molecular formula is C24H29FN4O4S. The molecule has 182 valence electrons. The van der Waals surface area contributed by atoms with Crippen LogP contribution in [0.5, 0.6) is 0 Å². The Morgan fingerprint density at radius 1 is 0.912 bits per heavy atom. The Bertz CT molecular complexity index is 1130. The lowest BCUT2D eigenvalue weighted by atomic mass is 10.2. The minimum absolute atomic E-state index is 0.0221. The lowest BCUT2D eigenvalue weighted by molar-refractivity contribution is -0.129. The Morgan fingerprint density at radius 3 is 2.26 bits per heavy atom. The zero-order chi connectivity index (χ0) is 24.1. The van der Waals surface area contributed by atoms with Gasteiger partial charge in [0, 0.05) is 63.5 Å². The standard InChI is InChI=1S/C24H29FN4O4S/c25-20-6-8-21(9-7-20)27-14-16-29(17-15-27)34(32,33)22-5-3-4-19(18-22)24(31)26-11-10-23(30)28-12-1-2-13-28/h3-9,18H,1-2,10-17H2,(H,26,31). The Kier molecular flexibility index (Phi) is 7.47. The minimum Gasteiger partial charge on any atom is -0.369 e. The molecule has 0 radical (unpaired) electrons. The van der Waals surface area contributed by atoms with Gasteiger partial charge in [0.15, 0.2) is 0 Å². The fourth-order valence-electron chi connectivity index (χ4n) is 4.30. The maximum Gasteiger partial charge on any atom is 0.251 e. The number of piperazine rings is 1. The summed E-state index contributed by atoms with van der Waals surface area (Å²) in [4.78, 5) is 28.5. The largest absolute Gasteiger partial charge is 0.369 e. The molecule has 34 heavy (non-hydrogen) atoms. The van der Waals surface area contributed by atoms with Gasteiger partial charge in [-0.25, -0.2) is 12.8 Å². The topological polar surface area (TPSA) is 90.0 Å². The minimum atomic E-state index is -3.77. The Morgan fingerprint density at radius 2 is 1.59 bits per heavy atom. The van der Waals surface area contributed by atoms with Crippen LogP contribution >= 0.6 is 0 Å². The van der Waals surface area contributed by atoms with Crippen LogP contribution in [-0.4, -0.2) is 75.3 Å². The average molecular weight is 489 g/mol. The molecule has 0 atom stereocenters. The van der Waals surface area contributed by atoms with Crippen LogP contribution in [0.4, 0.5) is 10.1 Å². The first-order valence-electron chi connectivity index (χ1n) is 11.5. The third-order valence-electron chi connectivity index (χ3n) is 6.25. The van der Waals surface area contributed by atoms with Crippen LogP contribution in [0.1, 0.15) is 29.6 Å². The summed E-state index contributed by atoms with van der Waals surface area (Å²) in [5, 5.41) is 2.71. The molecule has 0 saturated carbocycles. The van der Waals surface area contributed by atoms with Gasteiger partial charge in [0.25, 0.3) is 5.91 Å². The normalized spacial score (nSPS) is 17.1. The van der Waals surface area contributed by atoms with E-state index in [1.807, 2.05) is 4.90 Å². The van der Waals surface area contributed by atoms with Gasteiger partial charge in [0.05, 0.1) is 4.90 Å². The van der Waals surface area contributed by atoms with Crippen LogP contribution in [0.2, 0.25) is 0 Å². The Labute approximate surface area is 199 Å². The number of benzene rings is 2. The SMILES string of the molecule is O=C(NCCC(=O)N1CCCC1)c1cccc(S(=O)(=O)N2CCN(c3ccc(F)cc3)CC2)c1. The molecule has 2 amide bonds. The van der Waals surface area contributed by atoms with E-state index < -0.39 is 15.9 Å². The number of hydrogen-bond donors (Lipinski definition) is 1. The van der Waals surface area contributed by atoms with Gasteiger partial charge in [-0.3, -0.25) is 9.59 Å². The Hall–Kier alpha value is -2.98. The maximum atomic E-state index is 13.2. The van der Waals surface area contributed by atoms with Gasteiger partial charge in [0.2, 0.25) is 15.9 Å². The summed E-state index contributed by atoms with van der Waals surface area (Å²) in [6.45, 7) is 3.28. The summed E-state index contributed by atoms with van der Waals surface area (Å²) >= 11 is 0. The molecule has 0 bridgehead atoms. The highest BCUT2D eigenvalue weighted by molar-refractivity contribution is 7.89. The second kappa shape index (κ2) is 10.5. The van der Waals surface area contributed by atoms with Crippen LogP contribution in [0.25, 0.3) is 0 Å². The first-order valence-corrected chi connectivity index (χ1v) is 13.0. The summed E-state index contributed by atoms with van der Waals surface area (Å²) in [6.07, 6.45) is 2.25. The van der Waals surface area contributed by atoms with Gasteiger partial charge in [0.1, 0.15) is 5.82 Å². The van der Waals surface area contributed by atoms with Crippen molar-refractivity contribution in [2.75, 3.05) is 50.7 Å². The second-order valence-electron chi connectivity index (χ2n) is 8.49. The van der Waals surface area contributed by atoms with Crippen LogP contribution < -0.4 is 10.2 Å². The summed E-state index contributed by atoms with van der Waals surface area (Å²) in [5.74, 6) is -0.701. The van der Waals surface area contributed by atoms with Crippen molar-refractivity contribution in [3.63, 3.8) is 0 Å². The summed E-state index contributed by atoms with van der Waals surface area (Å²) in [7, 11) is -3.77. The number of rotatable bonds is 7. The zero-order valence-corrected chi connectivity index (χ0v) is 19.8. The molecule has 10 heteroatoms. The van der Waals surface area contributed by atoms with Crippen molar-refractivity contribution in [3.8, 4) is 0 Å². The predicted molar refractivity (Wildman–Crippen MR) is 127 cm³/mol. The lowest BCUT2D eigenvalue weighted by Gasteiger charge is -2.35. The molecule has 2 aliphatic heterocycles. The highest BCUT2D eigenvalue weighted by Gasteiger charge is 2.29. The molecule has 2 heterocycles. The zero-order valence-electron chi connectivity index (χ0n) is 19.0. The fraction of sp³-hybridized carbons (Fsp3) is 0.417. The molecule has 2 aromatic rings. The summed E-state index contributed by atoms with van der Waals surface area (Å²) < 4.78 is 40.9. The van der Waals surface area contributed by atoms with E-state index in [0.29, 0.717) is 13.1 Å². The van der Waals surface area contributed by atoms with Gasteiger partial charge in [-0.15, -0.1) is 0 Å². The molecule has 4 rings (SSSR count). The smallest absolute Gasteiger partial charge is 0.251 e. The number of nitrogens with zero attached hydrogens (tertiary/aromatic N) is 3. The van der Waals surface area contributed by atoms with Gasteiger partial charge in [-0.2, -0.15) is 4.31 Å². The van der Waals surface area contributed by atoms with Gasteiger partial charge < -0.3 is 15.1 Å². The lowest BCUT2D eigenvalue weighted by Crippen LogP contribution is -2.48. The molecule has 2 aliphatic rings. The van der Waals surface area contributed by atoms with E-state index in [1.165, 1.54) is 28.6 Å². The monoisotopic (exact) mass is 488 g/mol. The Balaban J connectivity index is 1.34. The molecule has 0 aromatic heterocycles. The van der Waals surface area contributed by atoms with Crippen molar-refractivity contribution >= 4 is 27.5 Å². The third-order valence-corrected chi connectivity index (χ3v) is 8.14.